The summed E-state index contributed by atoms with van der Waals surface area (Å²) in [5.41, 5.74) is 6.99. The molecule has 44 heavy (non-hydrogen) atoms. The molecule has 13 N–H and O–H groups in total. The van der Waals surface area contributed by atoms with Gasteiger partial charge >= 0.3 is 0 Å². The highest BCUT2D eigenvalue weighted by molar-refractivity contribution is 5.08. The van der Waals surface area contributed by atoms with Gasteiger partial charge in [0.2, 0.25) is 0 Å². The van der Waals surface area contributed by atoms with E-state index in [1.54, 1.807) is 0 Å². The van der Waals surface area contributed by atoms with Crippen LogP contribution in [0.3, 0.4) is 0 Å². The third-order valence-corrected chi connectivity index (χ3v) is 13.6. The van der Waals surface area contributed by atoms with Crippen molar-refractivity contribution >= 4 is 0 Å². The van der Waals surface area contributed by atoms with Crippen LogP contribution in [0.1, 0.15) is 77.0 Å². The Morgan fingerprint density at radius 2 is 0.795 bits per heavy atom. The van der Waals surface area contributed by atoms with Crippen LogP contribution in [0.5, 0.6) is 0 Å². The van der Waals surface area contributed by atoms with Crippen molar-refractivity contribution in [2.45, 2.75) is 145 Å². The number of aliphatic hydroxyl groups is 4. The smallest absolute Gasteiger partial charge is 0.0653 e. The van der Waals surface area contributed by atoms with Crippen LogP contribution in [-0.4, -0.2) is 94.5 Å². The van der Waals surface area contributed by atoms with Crippen LogP contribution in [0.25, 0.3) is 0 Å². The molecule has 4 saturated heterocycles. The van der Waals surface area contributed by atoms with Crippen molar-refractivity contribution in [1.29, 1.82) is 0 Å². The molecule has 0 amide bonds. The summed E-state index contributed by atoms with van der Waals surface area (Å²) in [4.78, 5) is 0. The lowest BCUT2D eigenvalue weighted by Crippen LogP contribution is -2.61. The summed E-state index contributed by atoms with van der Waals surface area (Å²) in [6, 6.07) is 0. The summed E-state index contributed by atoms with van der Waals surface area (Å²) in [6.07, 6.45) is 9.21. The number of hydrogen-bond donors (Lipinski definition) is 12. The number of hydrogen-bond acceptors (Lipinski definition) is 12. The van der Waals surface area contributed by atoms with Crippen LogP contribution in [0.4, 0.5) is 0 Å². The van der Waals surface area contributed by atoms with E-state index in [-0.39, 0.29) is 109 Å². The first-order valence-corrected chi connectivity index (χ1v) is 18.1. The molecule has 4 saturated carbocycles. The van der Waals surface area contributed by atoms with Gasteiger partial charge in [-0.05, 0) is 81.6 Å². The molecule has 250 valence electrons. The summed E-state index contributed by atoms with van der Waals surface area (Å²) >= 11 is 0. The first-order valence-electron chi connectivity index (χ1n) is 18.1. The molecular formula is C32H58N8O4. The van der Waals surface area contributed by atoms with Crippen LogP contribution < -0.4 is 43.0 Å². The molecule has 4 aliphatic carbocycles. The second-order valence-corrected chi connectivity index (χ2v) is 15.9. The zero-order valence-corrected chi connectivity index (χ0v) is 26.0. The Bertz CT molecular complexity index is 1010. The van der Waals surface area contributed by atoms with Crippen molar-refractivity contribution < 1.29 is 20.4 Å². The van der Waals surface area contributed by atoms with Crippen molar-refractivity contribution in [3.05, 3.63) is 0 Å². The van der Waals surface area contributed by atoms with Gasteiger partial charge in [0.05, 0.1) is 67.6 Å². The predicted octanol–water partition coefficient (Wildman–Crippen LogP) is -1.48. The predicted molar refractivity (Wildman–Crippen MR) is 165 cm³/mol. The van der Waals surface area contributed by atoms with E-state index >= 15 is 0 Å². The standard InChI is InChI=1S/C32H58N8O4/c33-26-22-14(5-1-9-18(22)41)13-34-30-23-15(6-2-10-19(23)42)28(36-30)38-32-25-17(8-4-12-21(25)44)29(40-32)39-31-24-16(27(35-26)37-31)7-3-11-20(24)43/h14-32,34-44H,1-13,33H2. The van der Waals surface area contributed by atoms with Gasteiger partial charge in [0.25, 0.3) is 0 Å². The summed E-state index contributed by atoms with van der Waals surface area (Å²) in [5.74, 6) is 1.17. The molecule has 12 heteroatoms. The van der Waals surface area contributed by atoms with Crippen molar-refractivity contribution in [3.63, 3.8) is 0 Å². The minimum atomic E-state index is -0.461. The summed E-state index contributed by atoms with van der Waals surface area (Å²) in [7, 11) is 0. The molecule has 0 spiro atoms. The Morgan fingerprint density at radius 3 is 1.30 bits per heavy atom. The number of nitrogens with one attached hydrogen (secondary N) is 7. The van der Waals surface area contributed by atoms with Gasteiger partial charge in [-0.2, -0.15) is 0 Å². The fourth-order valence-corrected chi connectivity index (χ4v) is 11.6. The van der Waals surface area contributed by atoms with Gasteiger partial charge in [-0.15, -0.1) is 0 Å². The van der Waals surface area contributed by atoms with E-state index in [1.807, 2.05) is 0 Å². The third-order valence-electron chi connectivity index (χ3n) is 13.6. The molecule has 0 aromatic heterocycles. The quantitative estimate of drug-likeness (QED) is 0.151. The van der Waals surface area contributed by atoms with E-state index < -0.39 is 6.10 Å². The summed E-state index contributed by atoms with van der Waals surface area (Å²) in [5, 5.41) is 72.2. The highest BCUT2D eigenvalue weighted by Crippen LogP contribution is 2.44. The first-order chi connectivity index (χ1) is 21.4. The average molecular weight is 619 g/mol. The molecule has 6 bridgehead atoms. The van der Waals surface area contributed by atoms with Gasteiger partial charge in [-0.3, -0.25) is 31.9 Å². The van der Waals surface area contributed by atoms with Crippen LogP contribution in [0.15, 0.2) is 0 Å². The molecule has 19 unspecified atom stereocenters. The van der Waals surface area contributed by atoms with Crippen molar-refractivity contribution in [1.82, 2.24) is 37.2 Å². The number of fused-ring (bicyclic) bond motifs is 16. The lowest BCUT2D eigenvalue weighted by molar-refractivity contribution is -0.00300. The van der Waals surface area contributed by atoms with E-state index in [2.05, 4.69) is 37.2 Å². The molecule has 19 atom stereocenters. The maximum atomic E-state index is 11.3. The summed E-state index contributed by atoms with van der Waals surface area (Å²) in [6.45, 7) is 0.734. The summed E-state index contributed by atoms with van der Waals surface area (Å²) < 4.78 is 0. The second-order valence-electron chi connectivity index (χ2n) is 15.9. The number of aliphatic hydroxyl groups excluding tert-OH is 4. The molecule has 4 heterocycles. The van der Waals surface area contributed by atoms with Gasteiger partial charge in [-0.25, -0.2) is 0 Å². The maximum Gasteiger partial charge on any atom is 0.0653 e. The fourth-order valence-electron chi connectivity index (χ4n) is 11.6. The van der Waals surface area contributed by atoms with Crippen LogP contribution in [0, 0.1) is 47.3 Å². The largest absolute Gasteiger partial charge is 0.393 e. The number of rotatable bonds is 0. The molecule has 8 rings (SSSR count). The van der Waals surface area contributed by atoms with Crippen LogP contribution in [0.2, 0.25) is 0 Å². The first kappa shape index (κ1) is 30.8. The maximum absolute atomic E-state index is 11.3. The van der Waals surface area contributed by atoms with E-state index in [0.717, 1.165) is 83.6 Å². The molecule has 8 fully saturated rings. The Morgan fingerprint density at radius 1 is 0.409 bits per heavy atom. The van der Waals surface area contributed by atoms with Crippen molar-refractivity contribution in [2.75, 3.05) is 6.54 Å². The van der Waals surface area contributed by atoms with E-state index in [1.165, 1.54) is 0 Å². The minimum absolute atomic E-state index is 0.00421. The van der Waals surface area contributed by atoms with Gasteiger partial charge in [0.1, 0.15) is 0 Å². The Hall–Kier alpha value is -0.480. The minimum Gasteiger partial charge on any atom is -0.393 e. The Balaban J connectivity index is 1.13. The molecule has 12 nitrogen and oxygen atoms in total. The van der Waals surface area contributed by atoms with Gasteiger partial charge < -0.3 is 31.5 Å². The topological polar surface area (TPSA) is 191 Å². The van der Waals surface area contributed by atoms with E-state index in [4.69, 9.17) is 5.73 Å². The van der Waals surface area contributed by atoms with Gasteiger partial charge in [-0.1, -0.05) is 25.7 Å². The normalized spacial score (nSPS) is 57.9. The van der Waals surface area contributed by atoms with Gasteiger partial charge in [0.15, 0.2) is 0 Å². The zero-order valence-electron chi connectivity index (χ0n) is 26.0. The molecule has 4 aliphatic heterocycles. The molecule has 8 aliphatic rings. The van der Waals surface area contributed by atoms with Crippen LogP contribution in [-0.2, 0) is 0 Å². The molecule has 0 radical (unpaired) electrons. The average Bonchev–Trinajstić information content (AvgIpc) is 3.65. The lowest BCUT2D eigenvalue weighted by Gasteiger charge is -2.42. The Kier molecular flexibility index (Phi) is 8.77. The molecule has 0 aromatic rings. The highest BCUT2D eigenvalue weighted by atomic mass is 16.3. The molecule has 0 aromatic carbocycles. The second kappa shape index (κ2) is 12.5. The highest BCUT2D eigenvalue weighted by Gasteiger charge is 2.55. The zero-order chi connectivity index (χ0) is 30.1. The SMILES string of the molecule is NC1NC2NC(NC3NC(NC4NC(NCC5CCCC(O)C51)C1C(O)CCCC41)C1C(O)CCCC31)C1C(O)CCCC21. The van der Waals surface area contributed by atoms with Crippen molar-refractivity contribution in [3.8, 4) is 0 Å². The third kappa shape index (κ3) is 5.38. The van der Waals surface area contributed by atoms with E-state index in [0.29, 0.717) is 0 Å². The van der Waals surface area contributed by atoms with Gasteiger partial charge in [0, 0.05) is 23.7 Å². The molecular weight excluding hydrogens is 560 g/mol. The lowest BCUT2D eigenvalue weighted by atomic mass is 9.74. The van der Waals surface area contributed by atoms with Crippen molar-refractivity contribution in [2.24, 2.45) is 53.1 Å². The van der Waals surface area contributed by atoms with Crippen LogP contribution >= 0.6 is 0 Å². The fraction of sp³-hybridized carbons (Fsp3) is 1.00. The monoisotopic (exact) mass is 618 g/mol. The Labute approximate surface area is 261 Å². The van der Waals surface area contributed by atoms with E-state index in [9.17, 15) is 20.4 Å². The number of nitrogens with two attached hydrogens (primary N) is 1.